The first kappa shape index (κ1) is 8.46. The Balaban J connectivity index is 2.47. The second-order valence-electron chi connectivity index (χ2n) is 2.63. The molecule has 0 aromatic heterocycles. The van der Waals surface area contributed by atoms with Crippen molar-refractivity contribution < 1.29 is 0 Å². The molecule has 62 valence electrons. The maximum absolute atomic E-state index is 5.41. The van der Waals surface area contributed by atoms with Gasteiger partial charge in [0.1, 0.15) is 0 Å². The van der Waals surface area contributed by atoms with Crippen molar-refractivity contribution in [2.45, 2.75) is 26.2 Å². The molecule has 1 aliphatic rings. The van der Waals surface area contributed by atoms with Crippen LogP contribution in [0.4, 0.5) is 0 Å². The first-order valence-corrected chi connectivity index (χ1v) is 4.28. The lowest BCUT2D eigenvalue weighted by Crippen LogP contribution is -2.28. The van der Waals surface area contributed by atoms with E-state index in [1.165, 1.54) is 5.71 Å². The fourth-order valence-electron chi connectivity index (χ4n) is 1.13. The van der Waals surface area contributed by atoms with Crippen LogP contribution in [0.5, 0.6) is 0 Å². The number of hydrogen-bond acceptors (Lipinski definition) is 2. The molecule has 0 bridgehead atoms. The van der Waals surface area contributed by atoms with Gasteiger partial charge in [-0.3, -0.25) is 0 Å². The van der Waals surface area contributed by atoms with Crippen LogP contribution in [0.2, 0.25) is 0 Å². The summed E-state index contributed by atoms with van der Waals surface area (Å²) in [6.45, 7) is 3.01. The normalized spacial score (nSPS) is 16.8. The van der Waals surface area contributed by atoms with Crippen LogP contribution in [0.3, 0.4) is 0 Å². The van der Waals surface area contributed by atoms with Crippen LogP contribution in [0.1, 0.15) is 26.2 Å². The van der Waals surface area contributed by atoms with Gasteiger partial charge in [0.25, 0.3) is 0 Å². The Labute approximate surface area is 72.2 Å². The highest BCUT2D eigenvalue weighted by molar-refractivity contribution is 7.80. The Hall–Kier alpha value is -0.640. The Morgan fingerprint density at radius 1 is 1.82 bits per heavy atom. The summed E-state index contributed by atoms with van der Waals surface area (Å²) >= 11 is 4.79. The number of nitrogens with zero attached hydrogens (tertiary/aromatic N) is 2. The van der Waals surface area contributed by atoms with Gasteiger partial charge in [0.15, 0.2) is 5.11 Å². The molecule has 1 aliphatic heterocycles. The van der Waals surface area contributed by atoms with Crippen LogP contribution in [0, 0.1) is 0 Å². The van der Waals surface area contributed by atoms with Gasteiger partial charge in [-0.1, -0.05) is 13.3 Å². The summed E-state index contributed by atoms with van der Waals surface area (Å²) in [6, 6.07) is 0. The van der Waals surface area contributed by atoms with E-state index in [4.69, 9.17) is 18.0 Å². The zero-order valence-electron chi connectivity index (χ0n) is 6.71. The van der Waals surface area contributed by atoms with Crippen molar-refractivity contribution in [3.8, 4) is 0 Å². The summed E-state index contributed by atoms with van der Waals surface area (Å²) in [6.07, 6.45) is 3.23. The third kappa shape index (κ3) is 2.15. The predicted octanol–water partition coefficient (Wildman–Crippen LogP) is 1.09. The Kier molecular flexibility index (Phi) is 2.82. The summed E-state index contributed by atoms with van der Waals surface area (Å²) in [4.78, 5) is 0. The topological polar surface area (TPSA) is 41.6 Å². The largest absolute Gasteiger partial charge is 0.375 e. The van der Waals surface area contributed by atoms with Crippen LogP contribution in [0.15, 0.2) is 5.10 Å². The summed E-state index contributed by atoms with van der Waals surface area (Å²) in [5, 5.41) is 6.34. The standard InChI is InChI=1S/C7H13N3S/c1-2-3-6-4-5-10(9-6)7(8)11/h2-5H2,1H3,(H2,8,11). The minimum Gasteiger partial charge on any atom is -0.375 e. The summed E-state index contributed by atoms with van der Waals surface area (Å²) in [7, 11) is 0. The Morgan fingerprint density at radius 2 is 2.55 bits per heavy atom. The molecule has 11 heavy (non-hydrogen) atoms. The molecule has 0 atom stereocenters. The van der Waals surface area contributed by atoms with Crippen LogP contribution >= 0.6 is 12.2 Å². The first-order chi connectivity index (χ1) is 5.24. The molecule has 0 aliphatic carbocycles. The zero-order valence-corrected chi connectivity index (χ0v) is 7.52. The summed E-state index contributed by atoms with van der Waals surface area (Å²) < 4.78 is 0. The van der Waals surface area contributed by atoms with Crippen LogP contribution in [-0.4, -0.2) is 22.4 Å². The van der Waals surface area contributed by atoms with Crippen molar-refractivity contribution in [3.63, 3.8) is 0 Å². The molecule has 0 saturated heterocycles. The molecular formula is C7H13N3S. The van der Waals surface area contributed by atoms with E-state index in [1.807, 2.05) is 0 Å². The highest BCUT2D eigenvalue weighted by Gasteiger charge is 2.14. The average molecular weight is 171 g/mol. The Morgan fingerprint density at radius 3 is 3.00 bits per heavy atom. The number of thiocarbonyl (C=S) groups is 1. The van der Waals surface area contributed by atoms with Crippen molar-refractivity contribution in [2.24, 2.45) is 10.8 Å². The first-order valence-electron chi connectivity index (χ1n) is 3.87. The summed E-state index contributed by atoms with van der Waals surface area (Å²) in [5.74, 6) is 0. The van der Waals surface area contributed by atoms with Gasteiger partial charge in [-0.15, -0.1) is 0 Å². The molecule has 1 rings (SSSR count). The molecular weight excluding hydrogens is 158 g/mol. The maximum Gasteiger partial charge on any atom is 0.186 e. The van der Waals surface area contributed by atoms with Gasteiger partial charge in [-0.05, 0) is 18.6 Å². The molecule has 1 heterocycles. The second kappa shape index (κ2) is 3.67. The number of hydrazone groups is 1. The van der Waals surface area contributed by atoms with Gasteiger partial charge >= 0.3 is 0 Å². The number of rotatable bonds is 2. The molecule has 0 amide bonds. The zero-order chi connectivity index (χ0) is 8.27. The Bertz CT molecular complexity index is 188. The van der Waals surface area contributed by atoms with Gasteiger partial charge in [0, 0.05) is 18.7 Å². The van der Waals surface area contributed by atoms with Crippen molar-refractivity contribution in [1.82, 2.24) is 5.01 Å². The van der Waals surface area contributed by atoms with Gasteiger partial charge in [-0.2, -0.15) is 5.10 Å². The summed E-state index contributed by atoms with van der Waals surface area (Å²) in [5.41, 5.74) is 6.63. The lowest BCUT2D eigenvalue weighted by Gasteiger charge is -2.08. The second-order valence-corrected chi connectivity index (χ2v) is 3.05. The molecule has 0 spiro atoms. The quantitative estimate of drug-likeness (QED) is 0.632. The smallest absolute Gasteiger partial charge is 0.186 e. The van der Waals surface area contributed by atoms with E-state index in [9.17, 15) is 0 Å². The average Bonchev–Trinajstić information content (AvgIpc) is 2.37. The number of hydrogen-bond donors (Lipinski definition) is 1. The van der Waals surface area contributed by atoms with Crippen molar-refractivity contribution in [3.05, 3.63) is 0 Å². The van der Waals surface area contributed by atoms with E-state index in [1.54, 1.807) is 5.01 Å². The molecule has 2 N–H and O–H groups in total. The van der Waals surface area contributed by atoms with E-state index < -0.39 is 0 Å². The molecule has 0 aromatic carbocycles. The van der Waals surface area contributed by atoms with Gasteiger partial charge in [0.2, 0.25) is 0 Å². The van der Waals surface area contributed by atoms with E-state index in [2.05, 4.69) is 12.0 Å². The monoisotopic (exact) mass is 171 g/mol. The molecule has 0 radical (unpaired) electrons. The molecule has 0 saturated carbocycles. The fraction of sp³-hybridized carbons (Fsp3) is 0.714. The van der Waals surface area contributed by atoms with E-state index in [-0.39, 0.29) is 0 Å². The predicted molar refractivity (Wildman–Crippen MR) is 50.5 cm³/mol. The third-order valence-electron chi connectivity index (χ3n) is 1.67. The van der Waals surface area contributed by atoms with Crippen molar-refractivity contribution in [2.75, 3.05) is 6.54 Å². The van der Waals surface area contributed by atoms with Gasteiger partial charge in [0.05, 0.1) is 0 Å². The maximum atomic E-state index is 5.41. The van der Waals surface area contributed by atoms with E-state index in [0.717, 1.165) is 25.8 Å². The molecule has 0 aromatic rings. The van der Waals surface area contributed by atoms with Crippen molar-refractivity contribution >= 4 is 23.0 Å². The van der Waals surface area contributed by atoms with Crippen LogP contribution in [0.25, 0.3) is 0 Å². The highest BCUT2D eigenvalue weighted by Crippen LogP contribution is 2.09. The molecule has 4 heteroatoms. The van der Waals surface area contributed by atoms with Gasteiger partial charge in [-0.25, -0.2) is 5.01 Å². The molecule has 0 fully saturated rings. The minimum absolute atomic E-state index is 0.385. The third-order valence-corrected chi connectivity index (χ3v) is 1.88. The lowest BCUT2D eigenvalue weighted by molar-refractivity contribution is 0.495. The molecule has 0 unspecified atom stereocenters. The fourth-order valence-corrected chi connectivity index (χ4v) is 1.26. The van der Waals surface area contributed by atoms with Crippen LogP contribution in [-0.2, 0) is 0 Å². The highest BCUT2D eigenvalue weighted by atomic mass is 32.1. The van der Waals surface area contributed by atoms with Crippen LogP contribution < -0.4 is 5.73 Å². The minimum atomic E-state index is 0.385. The van der Waals surface area contributed by atoms with E-state index >= 15 is 0 Å². The van der Waals surface area contributed by atoms with E-state index in [0.29, 0.717) is 5.11 Å². The van der Waals surface area contributed by atoms with Gasteiger partial charge < -0.3 is 5.73 Å². The lowest BCUT2D eigenvalue weighted by atomic mass is 10.2. The SMILES string of the molecule is CCCC1=NN(C(N)=S)CC1. The number of nitrogens with two attached hydrogens (primary N) is 1. The molecule has 3 nitrogen and oxygen atoms in total. The van der Waals surface area contributed by atoms with Crippen molar-refractivity contribution in [1.29, 1.82) is 0 Å².